The number of rotatable bonds is 2. The highest BCUT2D eigenvalue weighted by Crippen LogP contribution is 2.19. The Morgan fingerprint density at radius 2 is 2.39 bits per heavy atom. The monoisotopic (exact) mass is 249 g/mol. The van der Waals surface area contributed by atoms with Crippen LogP contribution in [0.2, 0.25) is 0 Å². The van der Waals surface area contributed by atoms with Crippen molar-refractivity contribution in [2.75, 3.05) is 13.1 Å². The van der Waals surface area contributed by atoms with E-state index in [4.69, 9.17) is 5.73 Å². The minimum Gasteiger partial charge on any atom is -0.338 e. The molecule has 1 aromatic heterocycles. The number of carbonyl (C=O) groups excluding carboxylic acids is 1. The van der Waals surface area contributed by atoms with Crippen LogP contribution in [0.4, 0.5) is 0 Å². The molecule has 1 aliphatic heterocycles. The number of aromatic nitrogens is 1. The van der Waals surface area contributed by atoms with Crippen molar-refractivity contribution in [1.29, 1.82) is 0 Å². The summed E-state index contributed by atoms with van der Waals surface area (Å²) in [5.41, 5.74) is 5.90. The molecule has 2 unspecified atom stereocenters. The van der Waals surface area contributed by atoms with E-state index < -0.39 is 0 Å². The van der Waals surface area contributed by atoms with Gasteiger partial charge >= 0.3 is 0 Å². The number of H-pyrrole nitrogens is 1. The molecule has 0 bridgehead atoms. The number of aromatic amines is 1. The van der Waals surface area contributed by atoms with Crippen molar-refractivity contribution in [1.82, 2.24) is 9.88 Å². The van der Waals surface area contributed by atoms with Gasteiger partial charge in [-0.2, -0.15) is 0 Å². The molecule has 1 aromatic rings. The molecule has 0 aliphatic carbocycles. The molecule has 0 saturated carbocycles. The number of pyridine rings is 1. The van der Waals surface area contributed by atoms with E-state index in [1.54, 1.807) is 17.0 Å². The third-order valence-corrected chi connectivity index (χ3v) is 3.65. The smallest absolute Gasteiger partial charge is 0.260 e. The van der Waals surface area contributed by atoms with Crippen LogP contribution in [0.5, 0.6) is 0 Å². The van der Waals surface area contributed by atoms with E-state index in [-0.39, 0.29) is 23.1 Å². The van der Waals surface area contributed by atoms with E-state index in [0.717, 1.165) is 12.8 Å². The summed E-state index contributed by atoms with van der Waals surface area (Å²) in [6, 6.07) is 3.39. The van der Waals surface area contributed by atoms with Gasteiger partial charge in [0.05, 0.1) is 0 Å². The van der Waals surface area contributed by atoms with Crippen molar-refractivity contribution in [3.63, 3.8) is 0 Å². The number of hydrogen-bond acceptors (Lipinski definition) is 3. The maximum Gasteiger partial charge on any atom is 0.260 e. The Kier molecular flexibility index (Phi) is 3.81. The molecule has 1 aliphatic rings. The zero-order valence-corrected chi connectivity index (χ0v) is 10.6. The Bertz CT molecular complexity index is 483. The molecule has 0 spiro atoms. The number of nitrogens with zero attached hydrogens (tertiary/aromatic N) is 1. The minimum absolute atomic E-state index is 0.160. The van der Waals surface area contributed by atoms with Crippen molar-refractivity contribution < 1.29 is 4.79 Å². The summed E-state index contributed by atoms with van der Waals surface area (Å²) >= 11 is 0. The number of likely N-dealkylation sites (tertiary alicyclic amines) is 1. The maximum absolute atomic E-state index is 12.3. The van der Waals surface area contributed by atoms with E-state index in [2.05, 4.69) is 11.9 Å². The molecule has 1 amide bonds. The first-order valence-corrected chi connectivity index (χ1v) is 6.36. The van der Waals surface area contributed by atoms with E-state index >= 15 is 0 Å². The van der Waals surface area contributed by atoms with Crippen molar-refractivity contribution in [3.8, 4) is 0 Å². The standard InChI is InChI=1S/C13H19N3O2/c1-2-9-8-16(7-5-11(9)14)13(18)10-4-3-6-15-12(10)17/h3-4,6,9,11H,2,5,7-8,14H2,1H3,(H,15,17). The topological polar surface area (TPSA) is 79.2 Å². The van der Waals surface area contributed by atoms with Crippen LogP contribution in [0.1, 0.15) is 30.1 Å². The molecule has 3 N–H and O–H groups in total. The lowest BCUT2D eigenvalue weighted by Crippen LogP contribution is -2.49. The highest BCUT2D eigenvalue weighted by atomic mass is 16.2. The average Bonchev–Trinajstić information content (AvgIpc) is 2.39. The van der Waals surface area contributed by atoms with Gasteiger partial charge in [-0.15, -0.1) is 0 Å². The molecular weight excluding hydrogens is 230 g/mol. The summed E-state index contributed by atoms with van der Waals surface area (Å²) in [6.45, 7) is 3.35. The van der Waals surface area contributed by atoms with Crippen molar-refractivity contribution in [3.05, 3.63) is 34.2 Å². The first kappa shape index (κ1) is 12.8. The quantitative estimate of drug-likeness (QED) is 0.804. The minimum atomic E-state index is -0.328. The van der Waals surface area contributed by atoms with Gasteiger partial charge in [0, 0.05) is 25.3 Å². The van der Waals surface area contributed by atoms with Gasteiger partial charge in [0.2, 0.25) is 0 Å². The largest absolute Gasteiger partial charge is 0.338 e. The predicted molar refractivity (Wildman–Crippen MR) is 69.3 cm³/mol. The van der Waals surface area contributed by atoms with Crippen molar-refractivity contribution in [2.45, 2.75) is 25.8 Å². The fourth-order valence-corrected chi connectivity index (χ4v) is 2.43. The summed E-state index contributed by atoms with van der Waals surface area (Å²) in [6.07, 6.45) is 3.28. The van der Waals surface area contributed by atoms with Gasteiger partial charge in [-0.3, -0.25) is 9.59 Å². The Morgan fingerprint density at radius 1 is 1.61 bits per heavy atom. The Hall–Kier alpha value is -1.62. The van der Waals surface area contributed by atoms with Gasteiger partial charge in [-0.05, 0) is 24.5 Å². The zero-order valence-electron chi connectivity index (χ0n) is 10.6. The molecule has 18 heavy (non-hydrogen) atoms. The average molecular weight is 249 g/mol. The molecule has 1 saturated heterocycles. The molecule has 0 aromatic carbocycles. The number of piperidine rings is 1. The van der Waals surface area contributed by atoms with Crippen LogP contribution in [0.15, 0.2) is 23.1 Å². The number of hydrogen-bond donors (Lipinski definition) is 2. The van der Waals surface area contributed by atoms with Crippen LogP contribution in [-0.4, -0.2) is 34.9 Å². The number of nitrogens with one attached hydrogen (secondary N) is 1. The molecule has 1 fully saturated rings. The normalized spacial score (nSPS) is 24.0. The Morgan fingerprint density at radius 3 is 3.06 bits per heavy atom. The first-order chi connectivity index (χ1) is 8.63. The molecule has 5 heteroatoms. The molecule has 2 rings (SSSR count). The third kappa shape index (κ3) is 2.46. The van der Waals surface area contributed by atoms with Crippen molar-refractivity contribution >= 4 is 5.91 Å². The van der Waals surface area contributed by atoms with E-state index in [1.807, 2.05) is 0 Å². The fraction of sp³-hybridized carbons (Fsp3) is 0.538. The molecular formula is C13H19N3O2. The van der Waals surface area contributed by atoms with Gasteiger partial charge in [0.25, 0.3) is 11.5 Å². The number of nitrogens with two attached hydrogens (primary N) is 1. The maximum atomic E-state index is 12.3. The lowest BCUT2D eigenvalue weighted by molar-refractivity contribution is 0.0647. The molecule has 2 atom stereocenters. The molecule has 0 radical (unpaired) electrons. The highest BCUT2D eigenvalue weighted by Gasteiger charge is 2.29. The third-order valence-electron chi connectivity index (χ3n) is 3.65. The highest BCUT2D eigenvalue weighted by molar-refractivity contribution is 5.93. The first-order valence-electron chi connectivity index (χ1n) is 6.36. The van der Waals surface area contributed by atoms with Crippen LogP contribution in [0, 0.1) is 5.92 Å². The lowest BCUT2D eigenvalue weighted by atomic mass is 9.90. The van der Waals surface area contributed by atoms with Crippen LogP contribution >= 0.6 is 0 Å². The van der Waals surface area contributed by atoms with E-state index in [0.29, 0.717) is 19.0 Å². The fourth-order valence-electron chi connectivity index (χ4n) is 2.43. The lowest BCUT2D eigenvalue weighted by Gasteiger charge is -2.36. The summed E-state index contributed by atoms with van der Waals surface area (Å²) in [7, 11) is 0. The van der Waals surface area contributed by atoms with Gasteiger partial charge in [-0.25, -0.2) is 0 Å². The van der Waals surface area contributed by atoms with E-state index in [9.17, 15) is 9.59 Å². The Labute approximate surface area is 106 Å². The van der Waals surface area contributed by atoms with Crippen molar-refractivity contribution in [2.24, 2.45) is 11.7 Å². The zero-order chi connectivity index (χ0) is 13.1. The number of amides is 1. The second-order valence-corrected chi connectivity index (χ2v) is 4.78. The molecule has 98 valence electrons. The van der Waals surface area contributed by atoms with Crippen LogP contribution in [0.25, 0.3) is 0 Å². The van der Waals surface area contributed by atoms with Crippen LogP contribution in [-0.2, 0) is 0 Å². The molecule has 5 nitrogen and oxygen atoms in total. The second kappa shape index (κ2) is 5.35. The Balaban J connectivity index is 2.15. The summed E-state index contributed by atoms with van der Waals surface area (Å²) in [5, 5.41) is 0. The summed E-state index contributed by atoms with van der Waals surface area (Å²) < 4.78 is 0. The van der Waals surface area contributed by atoms with Gasteiger partial charge in [0.1, 0.15) is 5.56 Å². The predicted octanol–water partition coefficient (Wildman–Crippen LogP) is 0.574. The van der Waals surface area contributed by atoms with Gasteiger partial charge in [0.15, 0.2) is 0 Å². The van der Waals surface area contributed by atoms with Gasteiger partial charge in [-0.1, -0.05) is 13.3 Å². The van der Waals surface area contributed by atoms with Crippen LogP contribution in [0.3, 0.4) is 0 Å². The van der Waals surface area contributed by atoms with Gasteiger partial charge < -0.3 is 15.6 Å². The van der Waals surface area contributed by atoms with Crippen LogP contribution < -0.4 is 11.3 Å². The second-order valence-electron chi connectivity index (χ2n) is 4.78. The summed E-state index contributed by atoms with van der Waals surface area (Å²) in [4.78, 5) is 28.1. The molecule has 2 heterocycles. The number of carbonyl (C=O) groups is 1. The summed E-state index contributed by atoms with van der Waals surface area (Å²) in [5.74, 6) is 0.132. The van der Waals surface area contributed by atoms with E-state index in [1.165, 1.54) is 6.20 Å². The SMILES string of the molecule is CCC1CN(C(=O)c2ccc[nH]c2=O)CCC1N.